The molecule has 2 aromatic heterocycles. The van der Waals surface area contributed by atoms with Crippen LogP contribution in [0.1, 0.15) is 37.7 Å². The summed E-state index contributed by atoms with van der Waals surface area (Å²) in [7, 11) is 0. The number of para-hydroxylation sites is 1. The molecule has 0 atom stereocenters. The maximum Gasteiger partial charge on any atom is 0.339 e. The van der Waals surface area contributed by atoms with Crippen LogP contribution in [0.2, 0.25) is 4.34 Å². The van der Waals surface area contributed by atoms with E-state index in [9.17, 15) is 9.59 Å². The summed E-state index contributed by atoms with van der Waals surface area (Å²) in [6.07, 6.45) is 2.66. The third-order valence-electron chi connectivity index (χ3n) is 4.31. The van der Waals surface area contributed by atoms with Crippen molar-refractivity contribution in [3.8, 4) is 0 Å². The van der Waals surface area contributed by atoms with Gasteiger partial charge in [-0.3, -0.25) is 9.78 Å². The van der Waals surface area contributed by atoms with Gasteiger partial charge in [-0.25, -0.2) is 4.79 Å². The van der Waals surface area contributed by atoms with Gasteiger partial charge in [-0.2, -0.15) is 0 Å². The van der Waals surface area contributed by atoms with Gasteiger partial charge in [-0.05, 0) is 43.0 Å². The van der Waals surface area contributed by atoms with E-state index in [1.54, 1.807) is 12.1 Å². The van der Waals surface area contributed by atoms with Gasteiger partial charge in [0.15, 0.2) is 6.61 Å². The Morgan fingerprint density at radius 1 is 1.16 bits per heavy atom. The zero-order valence-electron chi connectivity index (χ0n) is 13.3. The molecule has 0 N–H and O–H groups in total. The van der Waals surface area contributed by atoms with Gasteiger partial charge in [0.05, 0.1) is 20.3 Å². The van der Waals surface area contributed by atoms with Crippen LogP contribution in [0, 0.1) is 0 Å². The fourth-order valence-electron chi connectivity index (χ4n) is 3.18. The summed E-state index contributed by atoms with van der Waals surface area (Å²) in [5.74, 6) is -0.715. The molecule has 4 nitrogen and oxygen atoms in total. The number of esters is 1. The number of nitrogens with zero attached hydrogens (tertiary/aromatic N) is 1. The average Bonchev–Trinajstić information content (AvgIpc) is 3.25. The number of hydrogen-bond donors (Lipinski definition) is 0. The maximum atomic E-state index is 12.7. The predicted octanol–water partition coefficient (Wildman–Crippen LogP) is 4.48. The van der Waals surface area contributed by atoms with Crippen molar-refractivity contribution in [2.75, 3.05) is 6.61 Å². The molecule has 1 aliphatic carbocycles. The summed E-state index contributed by atoms with van der Waals surface area (Å²) in [6.45, 7) is -0.291. The first-order valence-corrected chi connectivity index (χ1v) is 9.19. The molecular weight excluding hydrogens is 358 g/mol. The van der Waals surface area contributed by atoms with Gasteiger partial charge in [-0.1, -0.05) is 29.8 Å². The van der Waals surface area contributed by atoms with Crippen LogP contribution in [0.15, 0.2) is 36.4 Å². The number of carbonyl (C=O) groups is 2. The molecular formula is C19H14ClNO3S. The quantitative estimate of drug-likeness (QED) is 0.501. The third-order valence-corrected chi connectivity index (χ3v) is 5.58. The summed E-state index contributed by atoms with van der Waals surface area (Å²) >= 11 is 7.02. The number of hydrogen-bond acceptors (Lipinski definition) is 5. The molecule has 3 aromatic rings. The highest BCUT2D eigenvalue weighted by Gasteiger charge is 2.25. The number of ether oxygens (including phenoxy) is 1. The van der Waals surface area contributed by atoms with Crippen LogP contribution in [-0.2, 0) is 17.6 Å². The molecule has 0 unspecified atom stereocenters. The van der Waals surface area contributed by atoms with Crippen molar-refractivity contribution in [3.05, 3.63) is 62.4 Å². The van der Waals surface area contributed by atoms with E-state index in [0.29, 0.717) is 14.8 Å². The molecule has 25 heavy (non-hydrogen) atoms. The van der Waals surface area contributed by atoms with Crippen molar-refractivity contribution in [1.82, 2.24) is 4.98 Å². The van der Waals surface area contributed by atoms with Crippen LogP contribution in [0.4, 0.5) is 0 Å². The standard InChI is InChI=1S/C19H14ClNO3S/c20-17-9-8-16(25-17)15(22)10-24-19(23)18-11-4-1-2-6-13(11)21-14-7-3-5-12(14)18/h1-2,4,6,8-9H,3,5,7,10H2. The number of benzene rings is 1. The number of pyridine rings is 1. The third kappa shape index (κ3) is 3.05. The van der Waals surface area contributed by atoms with Gasteiger partial charge < -0.3 is 4.74 Å². The highest BCUT2D eigenvalue weighted by atomic mass is 35.5. The molecule has 0 saturated carbocycles. The number of thiophene rings is 1. The molecule has 4 rings (SSSR count). The normalized spacial score (nSPS) is 13.0. The molecule has 0 radical (unpaired) electrons. The molecule has 126 valence electrons. The zero-order chi connectivity index (χ0) is 17.4. The molecule has 0 saturated heterocycles. The van der Waals surface area contributed by atoms with Crippen LogP contribution in [0.25, 0.3) is 10.9 Å². The van der Waals surface area contributed by atoms with E-state index in [1.165, 1.54) is 11.3 Å². The molecule has 0 fully saturated rings. The van der Waals surface area contributed by atoms with Crippen molar-refractivity contribution < 1.29 is 14.3 Å². The van der Waals surface area contributed by atoms with Gasteiger partial charge in [0.25, 0.3) is 0 Å². The van der Waals surface area contributed by atoms with Crippen molar-refractivity contribution in [3.63, 3.8) is 0 Å². The van der Waals surface area contributed by atoms with Crippen molar-refractivity contribution in [2.45, 2.75) is 19.3 Å². The van der Waals surface area contributed by atoms with E-state index < -0.39 is 5.97 Å². The molecule has 0 aliphatic heterocycles. The zero-order valence-corrected chi connectivity index (χ0v) is 14.8. The minimum absolute atomic E-state index is 0.250. The van der Waals surface area contributed by atoms with Gasteiger partial charge >= 0.3 is 5.97 Å². The number of fused-ring (bicyclic) bond motifs is 2. The van der Waals surface area contributed by atoms with Crippen LogP contribution in [0.5, 0.6) is 0 Å². The van der Waals surface area contributed by atoms with E-state index in [-0.39, 0.29) is 12.4 Å². The minimum atomic E-state index is -0.465. The highest BCUT2D eigenvalue weighted by Crippen LogP contribution is 2.30. The lowest BCUT2D eigenvalue weighted by Gasteiger charge is -2.11. The fraction of sp³-hybridized carbons (Fsp3) is 0.211. The molecule has 0 bridgehead atoms. The van der Waals surface area contributed by atoms with Crippen molar-refractivity contribution in [2.24, 2.45) is 0 Å². The summed E-state index contributed by atoms with van der Waals surface area (Å²) in [4.78, 5) is 30.0. The number of rotatable bonds is 4. The average molecular weight is 372 g/mol. The Hall–Kier alpha value is -2.24. The lowest BCUT2D eigenvalue weighted by molar-refractivity contribution is 0.0476. The number of Topliss-reactive ketones (excluding diaryl/α,β-unsaturated/α-hetero) is 1. The first-order chi connectivity index (χ1) is 12.1. The Morgan fingerprint density at radius 3 is 2.80 bits per heavy atom. The van der Waals surface area contributed by atoms with Crippen LogP contribution < -0.4 is 0 Å². The number of carbonyl (C=O) groups excluding carboxylic acids is 2. The van der Waals surface area contributed by atoms with E-state index in [0.717, 1.165) is 41.4 Å². The number of ketones is 1. The largest absolute Gasteiger partial charge is 0.454 e. The SMILES string of the molecule is O=C(COC(=O)c1c2c(nc3ccccc13)CCC2)c1ccc(Cl)s1. The lowest BCUT2D eigenvalue weighted by Crippen LogP contribution is -2.15. The Morgan fingerprint density at radius 2 is 2.00 bits per heavy atom. The first kappa shape index (κ1) is 16.2. The van der Waals surface area contributed by atoms with Gasteiger partial charge in [-0.15, -0.1) is 11.3 Å². The number of aryl methyl sites for hydroxylation is 1. The van der Waals surface area contributed by atoms with Crippen molar-refractivity contribution >= 4 is 45.6 Å². The number of aromatic nitrogens is 1. The molecule has 6 heteroatoms. The van der Waals surface area contributed by atoms with Gasteiger partial charge in [0, 0.05) is 11.1 Å². The van der Waals surface area contributed by atoms with E-state index >= 15 is 0 Å². The number of halogens is 1. The summed E-state index contributed by atoms with van der Waals surface area (Å²) < 4.78 is 5.87. The fourth-order valence-corrected chi connectivity index (χ4v) is 4.15. The Kier molecular flexibility index (Phi) is 4.27. The van der Waals surface area contributed by atoms with E-state index in [1.807, 2.05) is 24.3 Å². The van der Waals surface area contributed by atoms with Crippen LogP contribution in [-0.4, -0.2) is 23.3 Å². The summed E-state index contributed by atoms with van der Waals surface area (Å²) in [5, 5.41) is 0.778. The van der Waals surface area contributed by atoms with Crippen LogP contribution >= 0.6 is 22.9 Å². The van der Waals surface area contributed by atoms with Crippen LogP contribution in [0.3, 0.4) is 0 Å². The topological polar surface area (TPSA) is 56.3 Å². The van der Waals surface area contributed by atoms with Gasteiger partial charge in [0.2, 0.25) is 5.78 Å². The Bertz CT molecular complexity index is 995. The molecule has 1 aliphatic rings. The molecule has 0 spiro atoms. The summed E-state index contributed by atoms with van der Waals surface area (Å²) in [5.41, 5.74) is 3.25. The second-order valence-corrected chi connectivity index (χ2v) is 7.60. The Balaban J connectivity index is 1.63. The maximum absolute atomic E-state index is 12.7. The van der Waals surface area contributed by atoms with E-state index in [2.05, 4.69) is 4.98 Å². The molecule has 2 heterocycles. The summed E-state index contributed by atoms with van der Waals surface area (Å²) in [6, 6.07) is 10.8. The second kappa shape index (κ2) is 6.58. The second-order valence-electron chi connectivity index (χ2n) is 5.89. The van der Waals surface area contributed by atoms with Gasteiger partial charge in [0.1, 0.15) is 0 Å². The first-order valence-electron chi connectivity index (χ1n) is 7.99. The lowest BCUT2D eigenvalue weighted by atomic mass is 10.0. The Labute approximate surface area is 153 Å². The molecule has 0 amide bonds. The van der Waals surface area contributed by atoms with E-state index in [4.69, 9.17) is 16.3 Å². The highest BCUT2D eigenvalue weighted by molar-refractivity contribution is 7.18. The smallest absolute Gasteiger partial charge is 0.339 e. The molecule has 1 aromatic carbocycles. The monoisotopic (exact) mass is 371 g/mol. The minimum Gasteiger partial charge on any atom is -0.454 e. The van der Waals surface area contributed by atoms with Crippen molar-refractivity contribution in [1.29, 1.82) is 0 Å². The predicted molar refractivity (Wildman–Crippen MR) is 97.7 cm³/mol.